The van der Waals surface area contributed by atoms with E-state index in [4.69, 9.17) is 9.47 Å². The molecule has 8 heteroatoms. The second kappa shape index (κ2) is 11.5. The number of nitrogens with one attached hydrogen (secondary N) is 3. The van der Waals surface area contributed by atoms with E-state index in [9.17, 15) is 4.79 Å². The molecule has 1 aromatic heterocycles. The van der Waals surface area contributed by atoms with Crippen molar-refractivity contribution in [1.82, 2.24) is 9.97 Å². The fraction of sp³-hybridized carbons (Fsp3) is 0.129. The number of urea groups is 1. The topological polar surface area (TPSA) is 97.4 Å². The molecule has 0 unspecified atom stereocenters. The van der Waals surface area contributed by atoms with E-state index in [2.05, 4.69) is 25.9 Å². The van der Waals surface area contributed by atoms with E-state index in [1.165, 1.54) is 11.9 Å². The van der Waals surface area contributed by atoms with Crippen LogP contribution in [0.2, 0.25) is 0 Å². The fourth-order valence-electron chi connectivity index (χ4n) is 4.06. The molecule has 0 fully saturated rings. The molecule has 1 heterocycles. The maximum Gasteiger partial charge on any atom is 0.323 e. The summed E-state index contributed by atoms with van der Waals surface area (Å²) in [6.07, 6.45) is 1.51. The van der Waals surface area contributed by atoms with Gasteiger partial charge in [0.1, 0.15) is 18.8 Å². The van der Waals surface area contributed by atoms with Gasteiger partial charge in [-0.05, 0) is 73.0 Å². The Balaban J connectivity index is 1.27. The summed E-state index contributed by atoms with van der Waals surface area (Å²) in [4.78, 5) is 21.3. The number of aryl methyl sites for hydroxylation is 2. The Hall–Kier alpha value is -5.11. The number of fused-ring (bicyclic) bond motifs is 1. The van der Waals surface area contributed by atoms with Gasteiger partial charge in [0, 0.05) is 28.5 Å². The molecule has 2 amide bonds. The number of methoxy groups -OCH3 is 1. The maximum absolute atomic E-state index is 12.4. The van der Waals surface area contributed by atoms with Crippen LogP contribution < -0.4 is 25.4 Å². The van der Waals surface area contributed by atoms with Crippen molar-refractivity contribution in [1.29, 1.82) is 0 Å². The van der Waals surface area contributed by atoms with E-state index < -0.39 is 0 Å². The molecule has 0 saturated carbocycles. The number of benzene rings is 4. The molecule has 0 spiro atoms. The van der Waals surface area contributed by atoms with Crippen LogP contribution in [-0.4, -0.2) is 23.1 Å². The minimum atomic E-state index is -0.307. The van der Waals surface area contributed by atoms with E-state index in [1.54, 1.807) is 7.11 Å². The summed E-state index contributed by atoms with van der Waals surface area (Å²) >= 11 is 0. The summed E-state index contributed by atoms with van der Waals surface area (Å²) in [6.45, 7) is 4.47. The van der Waals surface area contributed by atoms with E-state index in [0.29, 0.717) is 29.6 Å². The third-order valence-corrected chi connectivity index (χ3v) is 6.33. The van der Waals surface area contributed by atoms with Gasteiger partial charge in [-0.1, -0.05) is 36.4 Å². The zero-order valence-corrected chi connectivity index (χ0v) is 22.0. The van der Waals surface area contributed by atoms with Crippen molar-refractivity contribution < 1.29 is 14.3 Å². The molecule has 0 aliphatic rings. The summed E-state index contributed by atoms with van der Waals surface area (Å²) in [5, 5.41) is 9.84. The monoisotopic (exact) mass is 519 g/mol. The van der Waals surface area contributed by atoms with Crippen molar-refractivity contribution in [3.8, 4) is 11.5 Å². The number of rotatable bonds is 8. The highest BCUT2D eigenvalue weighted by Gasteiger charge is 2.12. The number of hydrogen-bond acceptors (Lipinski definition) is 6. The molecule has 8 nitrogen and oxygen atoms in total. The Bertz CT molecular complexity index is 1610. The van der Waals surface area contributed by atoms with Crippen molar-refractivity contribution in [3.05, 3.63) is 108 Å². The van der Waals surface area contributed by atoms with Gasteiger partial charge in [0.2, 0.25) is 0 Å². The summed E-state index contributed by atoms with van der Waals surface area (Å²) < 4.78 is 11.6. The van der Waals surface area contributed by atoms with Crippen molar-refractivity contribution in [2.75, 3.05) is 23.1 Å². The quantitative estimate of drug-likeness (QED) is 0.200. The van der Waals surface area contributed by atoms with Gasteiger partial charge in [-0.2, -0.15) is 0 Å². The fourth-order valence-corrected chi connectivity index (χ4v) is 4.06. The van der Waals surface area contributed by atoms with E-state index in [-0.39, 0.29) is 6.03 Å². The number of anilines is 4. The SMILES string of the molecule is COc1cc2c(Nc3ccc(NC(=O)Nc4ccc(C)c(C)c4)cc3)ncnc2cc1OCc1ccccc1. The summed E-state index contributed by atoms with van der Waals surface area (Å²) in [7, 11) is 1.61. The van der Waals surface area contributed by atoms with Crippen LogP contribution >= 0.6 is 0 Å². The Kier molecular flexibility index (Phi) is 7.54. The maximum atomic E-state index is 12.4. The van der Waals surface area contributed by atoms with Crippen LogP contribution in [0.15, 0.2) is 91.3 Å². The summed E-state index contributed by atoms with van der Waals surface area (Å²) in [5.41, 5.74) is 6.29. The predicted molar refractivity (Wildman–Crippen MR) is 155 cm³/mol. The van der Waals surface area contributed by atoms with Crippen LogP contribution in [0.3, 0.4) is 0 Å². The minimum absolute atomic E-state index is 0.307. The minimum Gasteiger partial charge on any atom is -0.493 e. The Morgan fingerprint density at radius 1 is 0.769 bits per heavy atom. The van der Waals surface area contributed by atoms with Gasteiger partial charge in [0.25, 0.3) is 0 Å². The average Bonchev–Trinajstić information content (AvgIpc) is 2.95. The second-order valence-electron chi connectivity index (χ2n) is 9.10. The predicted octanol–water partition coefficient (Wildman–Crippen LogP) is 7.22. The smallest absolute Gasteiger partial charge is 0.323 e. The zero-order chi connectivity index (χ0) is 27.2. The molecule has 0 aliphatic carbocycles. The second-order valence-corrected chi connectivity index (χ2v) is 9.10. The van der Waals surface area contributed by atoms with Crippen LogP contribution in [0.4, 0.5) is 27.7 Å². The average molecular weight is 520 g/mol. The van der Waals surface area contributed by atoms with Gasteiger partial charge in [-0.25, -0.2) is 14.8 Å². The summed E-state index contributed by atoms with van der Waals surface area (Å²) in [5.74, 6) is 1.82. The van der Waals surface area contributed by atoms with Crippen LogP contribution in [0.5, 0.6) is 11.5 Å². The lowest BCUT2D eigenvalue weighted by Gasteiger charge is -2.14. The van der Waals surface area contributed by atoms with Gasteiger partial charge >= 0.3 is 6.03 Å². The first-order chi connectivity index (χ1) is 19.0. The first-order valence-corrected chi connectivity index (χ1v) is 12.5. The lowest BCUT2D eigenvalue weighted by molar-refractivity contribution is 0.262. The van der Waals surface area contributed by atoms with Gasteiger partial charge in [0.05, 0.1) is 12.6 Å². The molecular weight excluding hydrogens is 490 g/mol. The van der Waals surface area contributed by atoms with Crippen LogP contribution in [0.25, 0.3) is 10.9 Å². The third kappa shape index (κ3) is 6.24. The van der Waals surface area contributed by atoms with Crippen molar-refractivity contribution in [2.24, 2.45) is 0 Å². The van der Waals surface area contributed by atoms with E-state index in [1.807, 2.05) is 98.8 Å². The zero-order valence-electron chi connectivity index (χ0n) is 22.0. The molecular formula is C31H29N5O3. The van der Waals surface area contributed by atoms with Crippen LogP contribution in [0.1, 0.15) is 16.7 Å². The van der Waals surface area contributed by atoms with Crippen molar-refractivity contribution >= 4 is 39.8 Å². The lowest BCUT2D eigenvalue weighted by Crippen LogP contribution is -2.19. The molecule has 5 aromatic rings. The molecule has 0 saturated heterocycles. The number of amides is 2. The van der Waals surface area contributed by atoms with Crippen molar-refractivity contribution in [3.63, 3.8) is 0 Å². The van der Waals surface area contributed by atoms with Gasteiger partial charge in [-0.3, -0.25) is 0 Å². The molecule has 0 aliphatic heterocycles. The molecule has 0 radical (unpaired) electrons. The number of nitrogens with zero attached hydrogens (tertiary/aromatic N) is 2. The Labute approximate surface area is 227 Å². The first-order valence-electron chi connectivity index (χ1n) is 12.5. The van der Waals surface area contributed by atoms with E-state index in [0.717, 1.165) is 33.4 Å². The van der Waals surface area contributed by atoms with Gasteiger partial charge < -0.3 is 25.4 Å². The third-order valence-electron chi connectivity index (χ3n) is 6.33. The highest BCUT2D eigenvalue weighted by atomic mass is 16.5. The molecule has 5 rings (SSSR count). The lowest BCUT2D eigenvalue weighted by atomic mass is 10.1. The summed E-state index contributed by atoms with van der Waals surface area (Å²) in [6, 6.07) is 26.5. The standard InChI is InChI=1S/C31H29N5O3/c1-20-9-10-25(15-21(20)2)36-31(37)35-24-13-11-23(12-14-24)34-30-26-16-28(38-3)29(17-27(26)32-19-33-30)39-18-22-7-5-4-6-8-22/h4-17,19H,18H2,1-3H3,(H,32,33,34)(H2,35,36,37). The number of aromatic nitrogens is 2. The molecule has 3 N–H and O–H groups in total. The number of hydrogen-bond donors (Lipinski definition) is 3. The van der Waals surface area contributed by atoms with Gasteiger partial charge in [0.15, 0.2) is 11.5 Å². The first kappa shape index (κ1) is 25.5. The normalized spacial score (nSPS) is 10.6. The molecule has 0 bridgehead atoms. The van der Waals surface area contributed by atoms with Crippen molar-refractivity contribution in [2.45, 2.75) is 20.5 Å². The number of carbonyl (C=O) groups is 1. The molecule has 39 heavy (non-hydrogen) atoms. The van der Waals surface area contributed by atoms with E-state index >= 15 is 0 Å². The number of ether oxygens (including phenoxy) is 2. The molecule has 0 atom stereocenters. The van der Waals surface area contributed by atoms with Gasteiger partial charge in [-0.15, -0.1) is 0 Å². The highest BCUT2D eigenvalue weighted by molar-refractivity contribution is 6.00. The Morgan fingerprint density at radius 3 is 2.23 bits per heavy atom. The highest BCUT2D eigenvalue weighted by Crippen LogP contribution is 2.35. The molecule has 4 aromatic carbocycles. The van der Waals surface area contributed by atoms with Crippen LogP contribution in [-0.2, 0) is 6.61 Å². The largest absolute Gasteiger partial charge is 0.493 e. The molecule has 196 valence electrons. The number of carbonyl (C=O) groups excluding carboxylic acids is 1. The van der Waals surface area contributed by atoms with Crippen LogP contribution in [0, 0.1) is 13.8 Å². The Morgan fingerprint density at radius 2 is 1.49 bits per heavy atom.